The van der Waals surface area contributed by atoms with Crippen LogP contribution in [0.3, 0.4) is 0 Å². The quantitative estimate of drug-likeness (QED) is 0.814. The molecule has 4 nitrogen and oxygen atoms in total. The van der Waals surface area contributed by atoms with Crippen molar-refractivity contribution in [1.29, 1.82) is 0 Å². The Hall–Kier alpha value is -0.390. The fraction of sp³-hybridized carbons (Fsp3) is 0.812. The van der Waals surface area contributed by atoms with E-state index in [1.165, 1.54) is 31.4 Å². The summed E-state index contributed by atoms with van der Waals surface area (Å²) in [7, 11) is 1.75. The van der Waals surface area contributed by atoms with Gasteiger partial charge in [-0.05, 0) is 53.1 Å². The minimum absolute atomic E-state index is 0.428. The molecule has 21 heavy (non-hydrogen) atoms. The van der Waals surface area contributed by atoms with Crippen molar-refractivity contribution in [3.8, 4) is 0 Å². The Bertz CT molecular complexity index is 464. The maximum Gasteiger partial charge on any atom is 0.0699 e. The Balaban J connectivity index is 1.82. The Morgan fingerprint density at radius 3 is 2.76 bits per heavy atom. The average Bonchev–Trinajstić information content (AvgIpc) is 3.11. The van der Waals surface area contributed by atoms with Crippen molar-refractivity contribution in [3.05, 3.63) is 16.4 Å². The zero-order chi connectivity index (χ0) is 14.8. The lowest BCUT2D eigenvalue weighted by molar-refractivity contribution is 0.181. The third kappa shape index (κ3) is 3.06. The summed E-state index contributed by atoms with van der Waals surface area (Å²) in [5, 5.41) is 8.26. The molecule has 3 unspecified atom stereocenters. The molecule has 2 saturated carbocycles. The van der Waals surface area contributed by atoms with E-state index >= 15 is 0 Å². The van der Waals surface area contributed by atoms with E-state index in [4.69, 9.17) is 4.74 Å². The summed E-state index contributed by atoms with van der Waals surface area (Å²) in [6, 6.07) is 0.428. The van der Waals surface area contributed by atoms with Crippen LogP contribution in [0.4, 0.5) is 0 Å². The summed E-state index contributed by atoms with van der Waals surface area (Å²) in [5.41, 5.74) is 1.31. The molecule has 3 atom stereocenters. The fourth-order valence-electron chi connectivity index (χ4n) is 4.21. The third-order valence-corrected chi connectivity index (χ3v) is 5.78. The largest absolute Gasteiger partial charge is 0.383 e. The highest BCUT2D eigenvalue weighted by Gasteiger charge is 2.55. The van der Waals surface area contributed by atoms with Crippen LogP contribution in [-0.2, 0) is 11.3 Å². The monoisotopic (exact) mass is 355 g/mol. The van der Waals surface area contributed by atoms with Crippen LogP contribution in [0, 0.1) is 17.8 Å². The molecule has 118 valence electrons. The molecule has 0 saturated heterocycles. The molecule has 1 heterocycles. The molecule has 0 spiro atoms. The van der Waals surface area contributed by atoms with Gasteiger partial charge in [0.25, 0.3) is 0 Å². The van der Waals surface area contributed by atoms with Crippen LogP contribution in [0.15, 0.2) is 10.7 Å². The number of halogens is 1. The van der Waals surface area contributed by atoms with Crippen molar-refractivity contribution >= 4 is 15.9 Å². The van der Waals surface area contributed by atoms with Crippen molar-refractivity contribution in [2.45, 2.75) is 45.2 Å². The van der Waals surface area contributed by atoms with E-state index < -0.39 is 0 Å². The number of methoxy groups -OCH3 is 1. The van der Waals surface area contributed by atoms with E-state index in [-0.39, 0.29) is 0 Å². The van der Waals surface area contributed by atoms with E-state index in [2.05, 4.69) is 38.0 Å². The van der Waals surface area contributed by atoms with Crippen molar-refractivity contribution in [1.82, 2.24) is 15.1 Å². The van der Waals surface area contributed by atoms with Crippen LogP contribution >= 0.6 is 15.9 Å². The number of ether oxygens (including phenoxy) is 1. The second-order valence-electron chi connectivity index (χ2n) is 6.32. The van der Waals surface area contributed by atoms with Gasteiger partial charge in [-0.25, -0.2) is 0 Å². The lowest BCUT2D eigenvalue weighted by Crippen LogP contribution is -2.27. The van der Waals surface area contributed by atoms with Crippen LogP contribution in [0.1, 0.15) is 44.3 Å². The second kappa shape index (κ2) is 6.80. The van der Waals surface area contributed by atoms with E-state index in [1.807, 2.05) is 6.20 Å². The number of aromatic nitrogens is 2. The topological polar surface area (TPSA) is 39.1 Å². The minimum Gasteiger partial charge on any atom is -0.383 e. The molecule has 2 aliphatic carbocycles. The SMILES string of the molecule is CCNC(c1c(Br)cnn1CCOC)C1C2CCCCC21. The van der Waals surface area contributed by atoms with Gasteiger partial charge in [0.05, 0.1) is 35.6 Å². The molecule has 1 aromatic heterocycles. The molecule has 1 N–H and O–H groups in total. The van der Waals surface area contributed by atoms with Gasteiger partial charge in [-0.15, -0.1) is 0 Å². The molecular weight excluding hydrogens is 330 g/mol. The summed E-state index contributed by atoms with van der Waals surface area (Å²) >= 11 is 3.71. The van der Waals surface area contributed by atoms with Crippen LogP contribution in [0.2, 0.25) is 0 Å². The number of hydrogen-bond acceptors (Lipinski definition) is 3. The van der Waals surface area contributed by atoms with Crippen LogP contribution < -0.4 is 5.32 Å². The molecule has 5 heteroatoms. The number of rotatable bonds is 7. The van der Waals surface area contributed by atoms with Crippen molar-refractivity contribution < 1.29 is 4.74 Å². The molecule has 3 rings (SSSR count). The maximum absolute atomic E-state index is 5.22. The molecule has 1 aromatic rings. The zero-order valence-corrected chi connectivity index (χ0v) is 14.6. The first-order valence-corrected chi connectivity index (χ1v) is 9.00. The average molecular weight is 356 g/mol. The van der Waals surface area contributed by atoms with E-state index in [1.54, 1.807) is 7.11 Å². The standard InChI is InChI=1S/C16H26BrN3O/c1-3-18-15(14-11-6-4-5-7-12(11)14)16-13(17)10-19-20(16)8-9-21-2/h10-12,14-15,18H,3-9H2,1-2H3. The van der Waals surface area contributed by atoms with Crippen molar-refractivity contribution in [3.63, 3.8) is 0 Å². The predicted molar refractivity (Wildman–Crippen MR) is 87.2 cm³/mol. The summed E-state index contributed by atoms with van der Waals surface area (Å²) in [6.07, 6.45) is 7.60. The van der Waals surface area contributed by atoms with Gasteiger partial charge in [-0.2, -0.15) is 5.10 Å². The van der Waals surface area contributed by atoms with E-state index in [9.17, 15) is 0 Å². The van der Waals surface area contributed by atoms with Crippen LogP contribution in [0.25, 0.3) is 0 Å². The fourth-order valence-corrected chi connectivity index (χ4v) is 4.76. The maximum atomic E-state index is 5.22. The smallest absolute Gasteiger partial charge is 0.0699 e. The number of nitrogens with one attached hydrogen (secondary N) is 1. The molecule has 2 fully saturated rings. The summed E-state index contributed by atoms with van der Waals surface area (Å²) in [6.45, 7) is 4.73. The van der Waals surface area contributed by atoms with Gasteiger partial charge in [-0.1, -0.05) is 19.8 Å². The highest BCUT2D eigenvalue weighted by atomic mass is 79.9. The first-order chi connectivity index (χ1) is 10.3. The first kappa shape index (κ1) is 15.5. The Kier molecular flexibility index (Phi) is 5.02. The molecule has 0 radical (unpaired) electrons. The molecule has 0 aliphatic heterocycles. The van der Waals surface area contributed by atoms with Crippen molar-refractivity contribution in [2.75, 3.05) is 20.3 Å². The molecule has 0 amide bonds. The zero-order valence-electron chi connectivity index (χ0n) is 13.0. The number of nitrogens with zero attached hydrogens (tertiary/aromatic N) is 2. The Morgan fingerprint density at radius 1 is 1.43 bits per heavy atom. The molecule has 0 aromatic carbocycles. The molecular formula is C16H26BrN3O. The molecule has 0 bridgehead atoms. The van der Waals surface area contributed by atoms with Gasteiger partial charge in [0.15, 0.2) is 0 Å². The van der Waals surface area contributed by atoms with Crippen molar-refractivity contribution in [2.24, 2.45) is 17.8 Å². The lowest BCUT2D eigenvalue weighted by atomic mass is 10.0. The predicted octanol–water partition coefficient (Wildman–Crippen LogP) is 3.38. The summed E-state index contributed by atoms with van der Waals surface area (Å²) in [5.74, 6) is 2.66. The Morgan fingerprint density at radius 2 is 2.14 bits per heavy atom. The van der Waals surface area contributed by atoms with Crippen LogP contribution in [0.5, 0.6) is 0 Å². The van der Waals surface area contributed by atoms with Crippen LogP contribution in [-0.4, -0.2) is 30.0 Å². The highest BCUT2D eigenvalue weighted by Crippen LogP contribution is 2.60. The minimum atomic E-state index is 0.428. The lowest BCUT2D eigenvalue weighted by Gasteiger charge is -2.21. The van der Waals surface area contributed by atoms with Gasteiger partial charge < -0.3 is 10.1 Å². The van der Waals surface area contributed by atoms with Gasteiger partial charge in [-0.3, -0.25) is 4.68 Å². The van der Waals surface area contributed by atoms with E-state index in [0.29, 0.717) is 12.6 Å². The van der Waals surface area contributed by atoms with Gasteiger partial charge in [0, 0.05) is 7.11 Å². The number of hydrogen-bond donors (Lipinski definition) is 1. The summed E-state index contributed by atoms with van der Waals surface area (Å²) in [4.78, 5) is 0. The normalized spacial score (nSPS) is 29.2. The highest BCUT2D eigenvalue weighted by molar-refractivity contribution is 9.10. The molecule has 2 aliphatic rings. The first-order valence-electron chi connectivity index (χ1n) is 8.21. The van der Waals surface area contributed by atoms with Gasteiger partial charge in [0.2, 0.25) is 0 Å². The second-order valence-corrected chi connectivity index (χ2v) is 7.17. The van der Waals surface area contributed by atoms with Gasteiger partial charge in [0.1, 0.15) is 0 Å². The van der Waals surface area contributed by atoms with E-state index in [0.717, 1.165) is 35.3 Å². The third-order valence-electron chi connectivity index (χ3n) is 5.17. The Labute approximate surface area is 135 Å². The van der Waals surface area contributed by atoms with Gasteiger partial charge >= 0.3 is 0 Å². The summed E-state index contributed by atoms with van der Waals surface area (Å²) < 4.78 is 8.47. The number of fused-ring (bicyclic) bond motifs is 1.